The Hall–Kier alpha value is -0.870. The molecule has 0 spiro atoms. The van der Waals surface area contributed by atoms with Gasteiger partial charge in [-0.15, -0.1) is 0 Å². The summed E-state index contributed by atoms with van der Waals surface area (Å²) >= 11 is 0. The number of piperidine rings is 1. The summed E-state index contributed by atoms with van der Waals surface area (Å²) in [5, 5.41) is 0. The summed E-state index contributed by atoms with van der Waals surface area (Å²) in [6.45, 7) is 14.4. The number of sulfone groups is 1. The fourth-order valence-electron chi connectivity index (χ4n) is 4.01. The molecular formula is C21H35NO2S. The third-order valence-corrected chi connectivity index (χ3v) is 7.28. The molecule has 0 aromatic heterocycles. The van der Waals surface area contributed by atoms with E-state index in [0.29, 0.717) is 4.90 Å². The molecule has 4 heteroatoms. The van der Waals surface area contributed by atoms with Gasteiger partial charge < -0.3 is 4.90 Å². The Morgan fingerprint density at radius 3 is 2.40 bits per heavy atom. The van der Waals surface area contributed by atoms with Crippen LogP contribution in [0.25, 0.3) is 0 Å². The zero-order chi connectivity index (χ0) is 18.7. The van der Waals surface area contributed by atoms with Gasteiger partial charge in [0.2, 0.25) is 0 Å². The molecule has 1 fully saturated rings. The summed E-state index contributed by atoms with van der Waals surface area (Å²) in [6.07, 6.45) is 3.51. The predicted octanol–water partition coefficient (Wildman–Crippen LogP) is 4.42. The average Bonchev–Trinajstić information content (AvgIpc) is 2.54. The van der Waals surface area contributed by atoms with Crippen LogP contribution in [0.5, 0.6) is 0 Å². The van der Waals surface area contributed by atoms with Crippen LogP contribution in [0.15, 0.2) is 29.2 Å². The highest BCUT2D eigenvalue weighted by molar-refractivity contribution is 7.91. The third-order valence-electron chi connectivity index (χ3n) is 5.55. The van der Waals surface area contributed by atoms with Gasteiger partial charge in [-0.1, -0.05) is 46.8 Å². The molecule has 0 aliphatic carbocycles. The van der Waals surface area contributed by atoms with Crippen LogP contribution in [0.2, 0.25) is 0 Å². The van der Waals surface area contributed by atoms with Gasteiger partial charge in [-0.05, 0) is 67.3 Å². The Morgan fingerprint density at radius 1 is 1.20 bits per heavy atom. The maximum atomic E-state index is 12.1. The van der Waals surface area contributed by atoms with Gasteiger partial charge >= 0.3 is 0 Å². The van der Waals surface area contributed by atoms with Crippen molar-refractivity contribution < 1.29 is 8.42 Å². The Morgan fingerprint density at radius 2 is 1.84 bits per heavy atom. The van der Waals surface area contributed by atoms with Crippen molar-refractivity contribution >= 4 is 9.84 Å². The lowest BCUT2D eigenvalue weighted by molar-refractivity contribution is 0.113. The summed E-state index contributed by atoms with van der Waals surface area (Å²) < 4.78 is 24.2. The summed E-state index contributed by atoms with van der Waals surface area (Å²) in [5.41, 5.74) is 1.26. The largest absolute Gasteiger partial charge is 0.303 e. The molecule has 1 aromatic carbocycles. The van der Waals surface area contributed by atoms with Crippen LogP contribution in [0, 0.1) is 17.3 Å². The van der Waals surface area contributed by atoms with E-state index in [1.54, 1.807) is 13.0 Å². The van der Waals surface area contributed by atoms with Crippen molar-refractivity contribution in [3.8, 4) is 0 Å². The van der Waals surface area contributed by atoms with Crippen LogP contribution in [0.1, 0.15) is 53.0 Å². The average molecular weight is 366 g/mol. The van der Waals surface area contributed by atoms with Gasteiger partial charge in [0.1, 0.15) is 0 Å². The van der Waals surface area contributed by atoms with Crippen LogP contribution in [0.3, 0.4) is 0 Å². The molecule has 1 saturated heterocycles. The smallest absolute Gasteiger partial charge is 0.178 e. The number of rotatable bonds is 7. The van der Waals surface area contributed by atoms with Gasteiger partial charge in [0.15, 0.2) is 9.84 Å². The first-order valence-corrected chi connectivity index (χ1v) is 11.3. The van der Waals surface area contributed by atoms with Crippen molar-refractivity contribution in [1.29, 1.82) is 0 Å². The molecule has 142 valence electrons. The highest BCUT2D eigenvalue weighted by atomic mass is 32.2. The van der Waals surface area contributed by atoms with E-state index >= 15 is 0 Å². The van der Waals surface area contributed by atoms with Crippen LogP contribution < -0.4 is 0 Å². The minimum Gasteiger partial charge on any atom is -0.303 e. The number of hydrogen-bond acceptors (Lipinski definition) is 3. The number of hydrogen-bond donors (Lipinski definition) is 0. The SMILES string of the molecule is CCS(=O)(=O)c1cccc(CC(C)(C)CN2CCC(C(C)C)CC2)c1. The van der Waals surface area contributed by atoms with Crippen molar-refractivity contribution in [3.05, 3.63) is 29.8 Å². The predicted molar refractivity (Wildman–Crippen MR) is 106 cm³/mol. The summed E-state index contributed by atoms with van der Waals surface area (Å²) in [4.78, 5) is 3.05. The molecule has 2 rings (SSSR count). The Kier molecular flexibility index (Phi) is 6.72. The van der Waals surface area contributed by atoms with Gasteiger partial charge in [-0.3, -0.25) is 0 Å². The second-order valence-electron chi connectivity index (χ2n) is 8.75. The molecule has 25 heavy (non-hydrogen) atoms. The van der Waals surface area contributed by atoms with Crippen LogP contribution in [-0.2, 0) is 16.3 Å². The van der Waals surface area contributed by atoms with Crippen molar-refractivity contribution in [2.75, 3.05) is 25.4 Å². The topological polar surface area (TPSA) is 37.4 Å². The zero-order valence-corrected chi connectivity index (χ0v) is 17.4. The molecule has 0 amide bonds. The molecule has 1 heterocycles. The fourth-order valence-corrected chi connectivity index (χ4v) is 4.96. The normalized spacial score (nSPS) is 18.0. The summed E-state index contributed by atoms with van der Waals surface area (Å²) in [6, 6.07) is 7.51. The van der Waals surface area contributed by atoms with Crippen molar-refractivity contribution in [3.63, 3.8) is 0 Å². The molecule has 3 nitrogen and oxygen atoms in total. The van der Waals surface area contributed by atoms with Gasteiger partial charge in [0.05, 0.1) is 10.6 Å². The van der Waals surface area contributed by atoms with E-state index in [9.17, 15) is 8.42 Å². The minimum absolute atomic E-state index is 0.138. The highest BCUT2D eigenvalue weighted by Gasteiger charge is 2.27. The highest BCUT2D eigenvalue weighted by Crippen LogP contribution is 2.29. The second-order valence-corrected chi connectivity index (χ2v) is 11.0. The number of likely N-dealkylation sites (tertiary alicyclic amines) is 1. The van der Waals surface area contributed by atoms with Crippen LogP contribution in [0.4, 0.5) is 0 Å². The molecular weight excluding hydrogens is 330 g/mol. The first-order valence-electron chi connectivity index (χ1n) is 9.67. The van der Waals surface area contributed by atoms with E-state index < -0.39 is 9.84 Å². The van der Waals surface area contributed by atoms with E-state index in [4.69, 9.17) is 0 Å². The van der Waals surface area contributed by atoms with Crippen molar-refractivity contribution in [2.24, 2.45) is 17.3 Å². The fraction of sp³-hybridized carbons (Fsp3) is 0.714. The van der Waals surface area contributed by atoms with Crippen molar-refractivity contribution in [2.45, 2.75) is 58.8 Å². The molecule has 0 N–H and O–H groups in total. The Bertz CT molecular complexity index is 656. The monoisotopic (exact) mass is 365 g/mol. The summed E-state index contributed by atoms with van der Waals surface area (Å²) in [7, 11) is -3.13. The first kappa shape index (κ1) is 20.4. The Labute approximate surface area is 154 Å². The lowest BCUT2D eigenvalue weighted by Gasteiger charge is -2.38. The van der Waals surface area contributed by atoms with E-state index in [1.165, 1.54) is 25.9 Å². The first-order chi connectivity index (χ1) is 11.6. The van der Waals surface area contributed by atoms with E-state index in [1.807, 2.05) is 12.1 Å². The lowest BCUT2D eigenvalue weighted by atomic mass is 9.82. The lowest BCUT2D eigenvalue weighted by Crippen LogP contribution is -2.41. The van der Waals surface area contributed by atoms with Gasteiger partial charge in [0, 0.05) is 6.54 Å². The third kappa shape index (κ3) is 5.82. The molecule has 1 aliphatic heterocycles. The molecule has 0 unspecified atom stereocenters. The number of benzene rings is 1. The van der Waals surface area contributed by atoms with E-state index in [-0.39, 0.29) is 11.2 Å². The van der Waals surface area contributed by atoms with Gasteiger partial charge in [-0.25, -0.2) is 8.42 Å². The van der Waals surface area contributed by atoms with Crippen LogP contribution in [-0.4, -0.2) is 38.7 Å². The molecule has 0 radical (unpaired) electrons. The van der Waals surface area contributed by atoms with Gasteiger partial charge in [-0.2, -0.15) is 0 Å². The second kappa shape index (κ2) is 8.22. The Balaban J connectivity index is 1.99. The van der Waals surface area contributed by atoms with Crippen LogP contribution >= 0.6 is 0 Å². The molecule has 0 atom stereocenters. The maximum absolute atomic E-state index is 12.1. The van der Waals surface area contributed by atoms with Gasteiger partial charge in [0.25, 0.3) is 0 Å². The quantitative estimate of drug-likeness (QED) is 0.718. The maximum Gasteiger partial charge on any atom is 0.178 e. The zero-order valence-electron chi connectivity index (χ0n) is 16.6. The molecule has 0 bridgehead atoms. The molecule has 1 aromatic rings. The molecule has 1 aliphatic rings. The van der Waals surface area contributed by atoms with E-state index in [2.05, 4.69) is 38.7 Å². The summed E-state index contributed by atoms with van der Waals surface area (Å²) in [5.74, 6) is 1.82. The number of nitrogens with zero attached hydrogens (tertiary/aromatic N) is 1. The van der Waals surface area contributed by atoms with E-state index in [0.717, 1.165) is 30.4 Å². The molecule has 0 saturated carbocycles. The standard InChI is InChI=1S/C21H35NO2S/c1-6-25(23,24)20-9-7-8-18(14-20)15-21(4,5)16-22-12-10-19(11-13-22)17(2)3/h7-9,14,17,19H,6,10-13,15-16H2,1-5H3. The minimum atomic E-state index is -3.13. The van der Waals surface area contributed by atoms with Crippen molar-refractivity contribution in [1.82, 2.24) is 4.90 Å².